The van der Waals surface area contributed by atoms with Crippen LogP contribution in [0.5, 0.6) is 0 Å². The molecule has 0 amide bonds. The number of H-pyrrole nitrogens is 2. The molecular weight excluding hydrogens is 292 g/mol. The summed E-state index contributed by atoms with van der Waals surface area (Å²) in [5, 5.41) is 18.2. The first-order valence-electron chi connectivity index (χ1n) is 6.07. The lowest BCUT2D eigenvalue weighted by atomic mass is 10.1. The summed E-state index contributed by atoms with van der Waals surface area (Å²) in [5.41, 5.74) is -1.31. The van der Waals surface area contributed by atoms with Crippen molar-refractivity contribution in [2.75, 3.05) is 0 Å². The molecule has 0 aliphatic carbocycles. The number of aromatic amines is 2. The van der Waals surface area contributed by atoms with Crippen LogP contribution in [0.2, 0.25) is 0 Å². The molecule has 0 atom stereocenters. The second-order valence-corrected chi connectivity index (χ2v) is 4.65. The molecule has 110 valence electrons. The van der Waals surface area contributed by atoms with Crippen molar-refractivity contribution in [3.05, 3.63) is 56.1 Å². The van der Waals surface area contributed by atoms with Crippen LogP contribution in [0.15, 0.2) is 33.9 Å². The Bertz CT molecular complexity index is 989. The van der Waals surface area contributed by atoms with Crippen molar-refractivity contribution in [3.63, 3.8) is 0 Å². The summed E-state index contributed by atoms with van der Waals surface area (Å²) in [6, 6.07) is 4.50. The minimum absolute atomic E-state index is 0.149. The first kappa shape index (κ1) is 13.6. The molecule has 2 heterocycles. The highest BCUT2D eigenvalue weighted by Crippen LogP contribution is 2.16. The summed E-state index contributed by atoms with van der Waals surface area (Å²) in [6.07, 6.45) is 0. The van der Waals surface area contributed by atoms with E-state index in [2.05, 4.69) is 9.97 Å². The number of carboxylic acid groups (broad SMARTS) is 2. The summed E-state index contributed by atoms with van der Waals surface area (Å²) in [4.78, 5) is 50.9. The van der Waals surface area contributed by atoms with Gasteiger partial charge < -0.3 is 20.2 Å². The van der Waals surface area contributed by atoms with Gasteiger partial charge in [-0.05, 0) is 12.1 Å². The molecule has 0 fully saturated rings. The number of carbonyl (C=O) groups is 2. The van der Waals surface area contributed by atoms with Crippen molar-refractivity contribution < 1.29 is 19.8 Å². The average Bonchev–Trinajstić information content (AvgIpc) is 2.45. The molecule has 0 aliphatic heterocycles. The van der Waals surface area contributed by atoms with Gasteiger partial charge in [0.05, 0.1) is 11.0 Å². The second-order valence-electron chi connectivity index (χ2n) is 4.65. The van der Waals surface area contributed by atoms with Gasteiger partial charge in [0.25, 0.3) is 0 Å². The van der Waals surface area contributed by atoms with E-state index >= 15 is 0 Å². The van der Waals surface area contributed by atoms with Crippen LogP contribution in [-0.2, 0) is 0 Å². The largest absolute Gasteiger partial charge is 0.477 e. The Labute approximate surface area is 120 Å². The Hall–Kier alpha value is -3.42. The topological polar surface area (TPSA) is 140 Å². The molecule has 8 nitrogen and oxygen atoms in total. The van der Waals surface area contributed by atoms with E-state index in [1.165, 1.54) is 12.1 Å². The van der Waals surface area contributed by atoms with E-state index in [-0.39, 0.29) is 33.2 Å². The zero-order chi connectivity index (χ0) is 16.0. The molecule has 2 aromatic heterocycles. The van der Waals surface area contributed by atoms with Gasteiger partial charge in [0.2, 0.25) is 0 Å². The number of pyridine rings is 2. The first-order chi connectivity index (χ1) is 10.4. The molecule has 1 aromatic carbocycles. The van der Waals surface area contributed by atoms with E-state index < -0.39 is 22.8 Å². The van der Waals surface area contributed by atoms with Crippen LogP contribution in [0.25, 0.3) is 21.8 Å². The summed E-state index contributed by atoms with van der Waals surface area (Å²) >= 11 is 0. The van der Waals surface area contributed by atoms with Crippen LogP contribution in [0.3, 0.4) is 0 Å². The summed E-state index contributed by atoms with van der Waals surface area (Å²) in [7, 11) is 0. The number of hydrogen-bond donors (Lipinski definition) is 4. The van der Waals surface area contributed by atoms with Gasteiger partial charge in [-0.3, -0.25) is 9.59 Å². The highest BCUT2D eigenvalue weighted by molar-refractivity contribution is 5.98. The van der Waals surface area contributed by atoms with E-state index in [1.54, 1.807) is 0 Å². The Morgan fingerprint density at radius 1 is 0.727 bits per heavy atom. The third kappa shape index (κ3) is 2.03. The number of aromatic nitrogens is 2. The Balaban J connectivity index is 2.46. The molecule has 4 N–H and O–H groups in total. The number of hydrogen-bond acceptors (Lipinski definition) is 4. The standard InChI is InChI=1S/C14H8N2O6/c17-11-3-10(14(21)22)16-8-2-6-7(1-5(8)11)15-9(13(19)20)4-12(6)18/h1-4H,(H,15,18)(H,16,17)(H,19,20)(H,21,22). The molecule has 0 saturated heterocycles. The lowest BCUT2D eigenvalue weighted by Crippen LogP contribution is -2.12. The van der Waals surface area contributed by atoms with Crippen LogP contribution in [-0.4, -0.2) is 32.1 Å². The lowest BCUT2D eigenvalue weighted by molar-refractivity contribution is 0.0680. The van der Waals surface area contributed by atoms with E-state index in [9.17, 15) is 19.2 Å². The van der Waals surface area contributed by atoms with E-state index in [0.29, 0.717) is 0 Å². The highest BCUT2D eigenvalue weighted by Gasteiger charge is 2.12. The van der Waals surface area contributed by atoms with Crippen LogP contribution >= 0.6 is 0 Å². The van der Waals surface area contributed by atoms with Gasteiger partial charge in [-0.25, -0.2) is 9.59 Å². The van der Waals surface area contributed by atoms with Gasteiger partial charge in [0.15, 0.2) is 10.9 Å². The maximum atomic E-state index is 12.0. The third-order valence-electron chi connectivity index (χ3n) is 3.24. The molecule has 3 aromatic rings. The number of carboxylic acids is 2. The zero-order valence-electron chi connectivity index (χ0n) is 10.8. The number of fused-ring (bicyclic) bond motifs is 2. The summed E-state index contributed by atoms with van der Waals surface area (Å²) in [5.74, 6) is -2.59. The predicted octanol–water partition coefficient (Wildman–Crippen LogP) is 0.766. The molecule has 22 heavy (non-hydrogen) atoms. The predicted molar refractivity (Wildman–Crippen MR) is 76.6 cm³/mol. The van der Waals surface area contributed by atoms with Gasteiger partial charge >= 0.3 is 11.9 Å². The van der Waals surface area contributed by atoms with Gasteiger partial charge in [-0.2, -0.15) is 0 Å². The SMILES string of the molecule is O=C(O)c1cc(=O)c2cc3[nH]c(C(=O)O)cc(=O)c3cc2[nH]1. The van der Waals surface area contributed by atoms with Gasteiger partial charge in [0, 0.05) is 22.9 Å². The van der Waals surface area contributed by atoms with Crippen LogP contribution in [0.1, 0.15) is 21.0 Å². The van der Waals surface area contributed by atoms with Crippen molar-refractivity contribution in [1.29, 1.82) is 0 Å². The first-order valence-corrected chi connectivity index (χ1v) is 6.07. The smallest absolute Gasteiger partial charge is 0.352 e. The van der Waals surface area contributed by atoms with E-state index in [1.807, 2.05) is 0 Å². The molecular formula is C14H8N2O6. The lowest BCUT2D eigenvalue weighted by Gasteiger charge is -2.04. The summed E-state index contributed by atoms with van der Waals surface area (Å²) in [6.45, 7) is 0. The van der Waals surface area contributed by atoms with Gasteiger partial charge in [-0.1, -0.05) is 0 Å². The quantitative estimate of drug-likeness (QED) is 0.515. The van der Waals surface area contributed by atoms with Crippen LogP contribution < -0.4 is 10.9 Å². The van der Waals surface area contributed by atoms with Crippen LogP contribution in [0, 0.1) is 0 Å². The normalized spacial score (nSPS) is 10.9. The molecule has 0 spiro atoms. The van der Waals surface area contributed by atoms with Crippen molar-refractivity contribution >= 4 is 33.7 Å². The molecule has 0 unspecified atom stereocenters. The maximum absolute atomic E-state index is 12.0. The van der Waals surface area contributed by atoms with Gasteiger partial charge in [0.1, 0.15) is 11.4 Å². The van der Waals surface area contributed by atoms with Crippen molar-refractivity contribution in [2.45, 2.75) is 0 Å². The second kappa shape index (κ2) is 4.55. The Morgan fingerprint density at radius 3 is 1.41 bits per heavy atom. The van der Waals surface area contributed by atoms with Crippen molar-refractivity contribution in [3.8, 4) is 0 Å². The Kier molecular flexibility index (Phi) is 2.81. The van der Waals surface area contributed by atoms with Crippen molar-refractivity contribution in [2.24, 2.45) is 0 Å². The van der Waals surface area contributed by atoms with Gasteiger partial charge in [-0.15, -0.1) is 0 Å². The molecule has 0 bridgehead atoms. The number of nitrogens with one attached hydrogen (secondary N) is 2. The van der Waals surface area contributed by atoms with E-state index in [4.69, 9.17) is 10.2 Å². The Morgan fingerprint density at radius 2 is 1.09 bits per heavy atom. The summed E-state index contributed by atoms with van der Waals surface area (Å²) < 4.78 is 0. The zero-order valence-corrected chi connectivity index (χ0v) is 10.8. The third-order valence-corrected chi connectivity index (χ3v) is 3.24. The molecule has 3 rings (SSSR count). The molecule has 0 aliphatic rings. The maximum Gasteiger partial charge on any atom is 0.352 e. The van der Waals surface area contributed by atoms with Crippen LogP contribution in [0.4, 0.5) is 0 Å². The average molecular weight is 300 g/mol. The number of aromatic carboxylic acids is 2. The number of rotatable bonds is 2. The fourth-order valence-corrected chi connectivity index (χ4v) is 2.22. The fraction of sp³-hybridized carbons (Fsp3) is 0. The highest BCUT2D eigenvalue weighted by atomic mass is 16.4. The molecule has 8 heteroatoms. The minimum Gasteiger partial charge on any atom is -0.477 e. The van der Waals surface area contributed by atoms with E-state index in [0.717, 1.165) is 12.1 Å². The molecule has 0 radical (unpaired) electrons. The minimum atomic E-state index is -1.30. The number of benzene rings is 1. The molecule has 0 saturated carbocycles. The fourth-order valence-electron chi connectivity index (χ4n) is 2.22. The monoisotopic (exact) mass is 300 g/mol. The van der Waals surface area contributed by atoms with Crippen molar-refractivity contribution in [1.82, 2.24) is 9.97 Å².